The minimum Gasteiger partial charge on any atom is -0.504 e. The predicted octanol–water partition coefficient (Wildman–Crippen LogP) is 1.23. The molecule has 72 valence electrons. The van der Waals surface area contributed by atoms with E-state index in [-0.39, 0.29) is 10.9 Å². The van der Waals surface area contributed by atoms with E-state index in [1.165, 1.54) is 12.1 Å². The third-order valence-corrected chi connectivity index (χ3v) is 2.28. The third kappa shape index (κ3) is 1.87. The Morgan fingerprint density at radius 1 is 1.15 bits per heavy atom. The van der Waals surface area contributed by atoms with Gasteiger partial charge in [0.1, 0.15) is 0 Å². The van der Waals surface area contributed by atoms with E-state index in [1.807, 2.05) is 0 Å². The molecule has 1 rings (SSSR count). The normalized spacial score (nSPS) is 12.8. The molecule has 0 aromatic heterocycles. The van der Waals surface area contributed by atoms with Crippen LogP contribution in [0.15, 0.2) is 12.1 Å². The molecule has 0 saturated heterocycles. The molecule has 1 atom stereocenters. The smallest absolute Gasteiger partial charge is 0.200 e. The minimum absolute atomic E-state index is 0.173. The first-order valence-corrected chi connectivity index (χ1v) is 4.68. The van der Waals surface area contributed by atoms with Crippen molar-refractivity contribution in [1.82, 2.24) is 0 Å². The lowest BCUT2D eigenvalue weighted by atomic mass is 10.1. The zero-order chi connectivity index (χ0) is 10.0. The molecule has 1 unspecified atom stereocenters. The first-order valence-electron chi connectivity index (χ1n) is 3.55. The van der Waals surface area contributed by atoms with E-state index in [4.69, 9.17) is 10.2 Å². The van der Waals surface area contributed by atoms with Crippen LogP contribution in [0.25, 0.3) is 0 Å². The van der Waals surface area contributed by atoms with E-state index in [2.05, 4.69) is 15.9 Å². The van der Waals surface area contributed by atoms with Crippen molar-refractivity contribution < 1.29 is 20.4 Å². The second-order valence-corrected chi connectivity index (χ2v) is 3.19. The summed E-state index contributed by atoms with van der Waals surface area (Å²) in [4.78, 5) is 0. The summed E-state index contributed by atoms with van der Waals surface area (Å²) in [5.74, 6) is -1.52. The largest absolute Gasteiger partial charge is 0.504 e. The molecule has 0 radical (unpaired) electrons. The number of hydrogen-bond acceptors (Lipinski definition) is 4. The summed E-state index contributed by atoms with van der Waals surface area (Å²) in [6.45, 7) is 0. The van der Waals surface area contributed by atoms with E-state index < -0.39 is 23.4 Å². The Morgan fingerprint density at radius 3 is 2.31 bits per heavy atom. The Balaban J connectivity index is 3.18. The van der Waals surface area contributed by atoms with E-state index >= 15 is 0 Å². The van der Waals surface area contributed by atoms with Crippen LogP contribution in [0.5, 0.6) is 17.2 Å². The second-order valence-electron chi connectivity index (χ2n) is 2.54. The molecule has 0 fully saturated rings. The summed E-state index contributed by atoms with van der Waals surface area (Å²) < 4.78 is 0. The standard InChI is InChI=1S/C8H9BrO4/c9-3-6(11)4-1-2-5(10)8(13)7(4)12/h1-2,6,10-13H,3H2. The van der Waals surface area contributed by atoms with Crippen molar-refractivity contribution in [2.24, 2.45) is 0 Å². The second kappa shape index (κ2) is 3.85. The number of benzene rings is 1. The molecule has 4 N–H and O–H groups in total. The van der Waals surface area contributed by atoms with Gasteiger partial charge in [-0.2, -0.15) is 0 Å². The van der Waals surface area contributed by atoms with Gasteiger partial charge in [-0.3, -0.25) is 0 Å². The maximum atomic E-state index is 9.33. The monoisotopic (exact) mass is 248 g/mol. The number of aliphatic hydroxyl groups is 1. The van der Waals surface area contributed by atoms with Crippen molar-refractivity contribution in [3.8, 4) is 17.2 Å². The zero-order valence-electron chi connectivity index (χ0n) is 6.61. The van der Waals surface area contributed by atoms with Crippen LogP contribution in [0, 0.1) is 0 Å². The lowest BCUT2D eigenvalue weighted by Crippen LogP contribution is -1.98. The molecular formula is C8H9BrO4. The third-order valence-electron chi connectivity index (χ3n) is 1.67. The topological polar surface area (TPSA) is 80.9 Å². The van der Waals surface area contributed by atoms with Gasteiger partial charge in [0.15, 0.2) is 11.5 Å². The van der Waals surface area contributed by atoms with Gasteiger partial charge in [0.05, 0.1) is 6.10 Å². The minimum atomic E-state index is -0.911. The van der Waals surface area contributed by atoms with Crippen molar-refractivity contribution in [3.05, 3.63) is 17.7 Å². The van der Waals surface area contributed by atoms with E-state index in [9.17, 15) is 10.2 Å². The van der Waals surface area contributed by atoms with Gasteiger partial charge in [-0.15, -0.1) is 0 Å². The number of rotatable bonds is 2. The molecule has 5 heteroatoms. The fourth-order valence-electron chi connectivity index (χ4n) is 0.937. The molecule has 4 nitrogen and oxygen atoms in total. The van der Waals surface area contributed by atoms with Gasteiger partial charge in [-0.05, 0) is 12.1 Å². The summed E-state index contributed by atoms with van der Waals surface area (Å²) in [7, 11) is 0. The fourth-order valence-corrected chi connectivity index (χ4v) is 1.29. The Morgan fingerprint density at radius 2 is 1.77 bits per heavy atom. The average Bonchev–Trinajstić information content (AvgIpc) is 2.13. The van der Waals surface area contributed by atoms with Gasteiger partial charge in [-0.1, -0.05) is 15.9 Å². The Bertz CT molecular complexity index is 313. The van der Waals surface area contributed by atoms with Crippen molar-refractivity contribution in [3.63, 3.8) is 0 Å². The first kappa shape index (κ1) is 10.1. The molecule has 0 aliphatic rings. The quantitative estimate of drug-likeness (QED) is 0.469. The highest BCUT2D eigenvalue weighted by atomic mass is 79.9. The van der Waals surface area contributed by atoms with Crippen LogP contribution >= 0.6 is 15.9 Å². The van der Waals surface area contributed by atoms with Crippen molar-refractivity contribution in [2.45, 2.75) is 6.10 Å². The number of alkyl halides is 1. The predicted molar refractivity (Wildman–Crippen MR) is 50.2 cm³/mol. The van der Waals surface area contributed by atoms with Crippen LogP contribution in [0.4, 0.5) is 0 Å². The maximum Gasteiger partial charge on any atom is 0.200 e. The van der Waals surface area contributed by atoms with Gasteiger partial charge < -0.3 is 20.4 Å². The molecule has 0 aliphatic carbocycles. The molecule has 0 amide bonds. The lowest BCUT2D eigenvalue weighted by Gasteiger charge is -2.10. The fraction of sp³-hybridized carbons (Fsp3) is 0.250. The van der Waals surface area contributed by atoms with Crippen LogP contribution in [-0.2, 0) is 0 Å². The van der Waals surface area contributed by atoms with Gasteiger partial charge in [-0.25, -0.2) is 0 Å². The molecule has 0 saturated carbocycles. The van der Waals surface area contributed by atoms with Gasteiger partial charge in [0.25, 0.3) is 0 Å². The summed E-state index contributed by atoms with van der Waals surface area (Å²) in [6.07, 6.45) is -0.911. The van der Waals surface area contributed by atoms with Crippen molar-refractivity contribution in [2.75, 3.05) is 5.33 Å². The molecule has 0 spiro atoms. The van der Waals surface area contributed by atoms with Crippen molar-refractivity contribution in [1.29, 1.82) is 0 Å². The SMILES string of the molecule is Oc1ccc(C(O)CBr)c(O)c1O. The number of aromatic hydroxyl groups is 3. The van der Waals surface area contributed by atoms with Gasteiger partial charge in [0.2, 0.25) is 5.75 Å². The number of phenols is 3. The summed E-state index contributed by atoms with van der Waals surface area (Å²) in [5.41, 5.74) is 0.173. The number of hydrogen-bond donors (Lipinski definition) is 4. The molecule has 1 aromatic carbocycles. The number of phenolic OH excluding ortho intramolecular Hbond substituents is 3. The molecule has 13 heavy (non-hydrogen) atoms. The summed E-state index contributed by atoms with van der Waals surface area (Å²) >= 11 is 3.02. The molecular weight excluding hydrogens is 240 g/mol. The highest BCUT2D eigenvalue weighted by Crippen LogP contribution is 2.39. The zero-order valence-corrected chi connectivity index (χ0v) is 8.19. The Hall–Kier alpha value is -0.940. The van der Waals surface area contributed by atoms with E-state index in [0.29, 0.717) is 0 Å². The Kier molecular flexibility index (Phi) is 3.00. The highest BCUT2D eigenvalue weighted by molar-refractivity contribution is 9.09. The van der Waals surface area contributed by atoms with Crippen LogP contribution in [-0.4, -0.2) is 25.8 Å². The van der Waals surface area contributed by atoms with Crippen LogP contribution in [0.1, 0.15) is 11.7 Å². The van der Waals surface area contributed by atoms with Crippen molar-refractivity contribution >= 4 is 15.9 Å². The van der Waals surface area contributed by atoms with E-state index in [1.54, 1.807) is 0 Å². The molecule has 0 aliphatic heterocycles. The molecule has 1 aromatic rings. The Labute approximate surface area is 83.2 Å². The maximum absolute atomic E-state index is 9.33. The average molecular weight is 249 g/mol. The number of halogens is 1. The van der Waals surface area contributed by atoms with Gasteiger partial charge in [0, 0.05) is 10.9 Å². The molecule has 0 bridgehead atoms. The lowest BCUT2D eigenvalue weighted by molar-refractivity contribution is 0.199. The summed E-state index contributed by atoms with van der Waals surface area (Å²) in [6, 6.07) is 2.55. The van der Waals surface area contributed by atoms with Gasteiger partial charge >= 0.3 is 0 Å². The van der Waals surface area contributed by atoms with Crippen LogP contribution in [0.2, 0.25) is 0 Å². The number of aliphatic hydroxyl groups excluding tert-OH is 1. The first-order chi connectivity index (χ1) is 6.07. The summed E-state index contributed by atoms with van der Waals surface area (Å²) in [5, 5.41) is 36.9. The molecule has 0 heterocycles. The van der Waals surface area contributed by atoms with E-state index in [0.717, 1.165) is 0 Å². The van der Waals surface area contributed by atoms with Crippen LogP contribution in [0.3, 0.4) is 0 Å². The van der Waals surface area contributed by atoms with Crippen LogP contribution < -0.4 is 0 Å². The highest BCUT2D eigenvalue weighted by Gasteiger charge is 2.16.